The number of hydrogen-bond acceptors (Lipinski definition) is 3. The van der Waals surface area contributed by atoms with E-state index in [2.05, 4.69) is 11.9 Å². The molecule has 0 bridgehead atoms. The normalized spacial score (nSPS) is 26.7. The van der Waals surface area contributed by atoms with Crippen LogP contribution in [0.4, 0.5) is 0 Å². The number of amides is 1. The van der Waals surface area contributed by atoms with Crippen LogP contribution in [-0.2, 0) is 13.0 Å². The summed E-state index contributed by atoms with van der Waals surface area (Å²) >= 11 is 0. The maximum Gasteiger partial charge on any atom is 0.255 e. The van der Waals surface area contributed by atoms with Crippen molar-refractivity contribution in [3.05, 3.63) is 52.0 Å². The van der Waals surface area contributed by atoms with Gasteiger partial charge in [0, 0.05) is 44.5 Å². The number of hydrogen-bond donors (Lipinski definition) is 1. The highest BCUT2D eigenvalue weighted by molar-refractivity contribution is 5.98. The lowest BCUT2D eigenvalue weighted by molar-refractivity contribution is 0.0767. The highest BCUT2D eigenvalue weighted by atomic mass is 16.2. The minimum atomic E-state index is -0.0170. The van der Waals surface area contributed by atoms with Crippen molar-refractivity contribution in [2.24, 2.45) is 11.8 Å². The molecule has 5 nitrogen and oxygen atoms in total. The van der Waals surface area contributed by atoms with Gasteiger partial charge in [0.25, 0.3) is 11.5 Å². The van der Waals surface area contributed by atoms with Gasteiger partial charge in [0.2, 0.25) is 0 Å². The molecule has 1 saturated carbocycles. The van der Waals surface area contributed by atoms with Crippen LogP contribution in [0.5, 0.6) is 0 Å². The van der Waals surface area contributed by atoms with Gasteiger partial charge in [-0.05, 0) is 23.8 Å². The Kier molecular flexibility index (Phi) is 3.27. The van der Waals surface area contributed by atoms with Gasteiger partial charge in [-0.2, -0.15) is 0 Å². The van der Waals surface area contributed by atoms with Crippen molar-refractivity contribution in [3.8, 4) is 0 Å². The highest BCUT2D eigenvalue weighted by Crippen LogP contribution is 2.45. The second-order valence-electron chi connectivity index (χ2n) is 6.68. The van der Waals surface area contributed by atoms with Crippen molar-refractivity contribution >= 4 is 12.0 Å². The van der Waals surface area contributed by atoms with Crippen LogP contribution in [0.1, 0.15) is 21.5 Å². The Hall–Kier alpha value is -2.14. The Morgan fingerprint density at radius 1 is 1.48 bits per heavy atom. The number of piperidine rings is 1. The van der Waals surface area contributed by atoms with Crippen molar-refractivity contribution < 1.29 is 4.79 Å². The van der Waals surface area contributed by atoms with E-state index in [1.54, 1.807) is 16.8 Å². The molecule has 120 valence electrons. The summed E-state index contributed by atoms with van der Waals surface area (Å²) in [5.41, 5.74) is 2.15. The van der Waals surface area contributed by atoms with Crippen molar-refractivity contribution in [1.29, 1.82) is 0 Å². The summed E-state index contributed by atoms with van der Waals surface area (Å²) in [6.45, 7) is 6.13. The smallest absolute Gasteiger partial charge is 0.255 e. The molecule has 1 aromatic heterocycles. The lowest BCUT2D eigenvalue weighted by Crippen LogP contribution is -2.36. The molecule has 1 saturated heterocycles. The number of aromatic nitrogens is 1. The average molecular weight is 311 g/mol. The molecule has 2 heterocycles. The van der Waals surface area contributed by atoms with E-state index in [0.29, 0.717) is 36.4 Å². The molecule has 0 spiro atoms. The molecule has 0 aromatic carbocycles. The van der Waals surface area contributed by atoms with E-state index in [1.807, 2.05) is 24.1 Å². The third-order valence-corrected chi connectivity index (χ3v) is 5.40. The van der Waals surface area contributed by atoms with E-state index in [9.17, 15) is 9.59 Å². The molecule has 1 amide bonds. The predicted molar refractivity (Wildman–Crippen MR) is 89.4 cm³/mol. The maximum absolute atomic E-state index is 13.0. The largest absolute Gasteiger partial charge is 0.338 e. The van der Waals surface area contributed by atoms with Crippen LogP contribution in [0.25, 0.3) is 6.08 Å². The van der Waals surface area contributed by atoms with Gasteiger partial charge in [-0.1, -0.05) is 18.2 Å². The predicted octanol–water partition coefficient (Wildman–Crippen LogP) is 0.893. The number of rotatable bonds is 4. The zero-order valence-electron chi connectivity index (χ0n) is 13.3. The van der Waals surface area contributed by atoms with E-state index >= 15 is 0 Å². The fraction of sp³-hybridized carbons (Fsp3) is 0.444. The standard InChI is InChI=1S/C18H21N3O2/c1-3-7-21-10-15(11-5-4-6-12(11)18(21)23)17(22)20(2)16-13-8-19-9-14(13)16/h3-5,10,13-14,16,19H,1,6-9H2,2H3/t13-,14+,16?. The number of pyridine rings is 1. The monoisotopic (exact) mass is 311 g/mol. The SMILES string of the molecule is C=CCn1cc(C(=O)N(C)C2[C@H]3CNC[C@@H]23)c2c(c1=O)CC=C2. The van der Waals surface area contributed by atoms with Gasteiger partial charge < -0.3 is 14.8 Å². The lowest BCUT2D eigenvalue weighted by atomic mass is 10.1. The number of fused-ring (bicyclic) bond motifs is 2. The third kappa shape index (κ3) is 2.10. The second kappa shape index (κ2) is 5.20. The molecule has 23 heavy (non-hydrogen) atoms. The Labute approximate surface area is 135 Å². The molecule has 3 atom stereocenters. The Morgan fingerprint density at radius 3 is 2.91 bits per heavy atom. The fourth-order valence-corrected chi connectivity index (χ4v) is 4.15. The molecule has 0 radical (unpaired) electrons. The molecular weight excluding hydrogens is 290 g/mol. The van der Waals surface area contributed by atoms with Crippen LogP contribution in [0.2, 0.25) is 0 Å². The number of carbonyl (C=O) groups excluding carboxylic acids is 1. The first-order valence-electron chi connectivity index (χ1n) is 8.15. The Bertz CT molecular complexity index is 767. The zero-order chi connectivity index (χ0) is 16.1. The second-order valence-corrected chi connectivity index (χ2v) is 6.68. The summed E-state index contributed by atoms with van der Waals surface area (Å²) in [6, 6.07) is 0.338. The van der Waals surface area contributed by atoms with Gasteiger partial charge in [0.1, 0.15) is 0 Å². The molecule has 5 heteroatoms. The third-order valence-electron chi connectivity index (χ3n) is 5.40. The van der Waals surface area contributed by atoms with E-state index < -0.39 is 0 Å². The quantitative estimate of drug-likeness (QED) is 0.841. The van der Waals surface area contributed by atoms with Gasteiger partial charge in [0.15, 0.2) is 0 Å². The van der Waals surface area contributed by atoms with Crippen LogP contribution in [0.3, 0.4) is 0 Å². The minimum Gasteiger partial charge on any atom is -0.338 e. The molecule has 3 aliphatic rings. The van der Waals surface area contributed by atoms with Crippen molar-refractivity contribution in [2.75, 3.05) is 20.1 Å². The van der Waals surface area contributed by atoms with Crippen LogP contribution < -0.4 is 10.9 Å². The molecule has 1 N–H and O–H groups in total. The van der Waals surface area contributed by atoms with Crippen LogP contribution in [0, 0.1) is 11.8 Å². The van der Waals surface area contributed by atoms with Gasteiger partial charge in [-0.25, -0.2) is 0 Å². The van der Waals surface area contributed by atoms with Gasteiger partial charge >= 0.3 is 0 Å². The van der Waals surface area contributed by atoms with Crippen LogP contribution >= 0.6 is 0 Å². The van der Waals surface area contributed by atoms with Crippen molar-refractivity contribution in [1.82, 2.24) is 14.8 Å². The van der Waals surface area contributed by atoms with Gasteiger partial charge in [-0.3, -0.25) is 9.59 Å². The first-order valence-corrected chi connectivity index (χ1v) is 8.15. The molecule has 2 aliphatic carbocycles. The molecular formula is C18H21N3O2. The molecule has 1 aliphatic heterocycles. The van der Waals surface area contributed by atoms with Crippen LogP contribution in [0.15, 0.2) is 29.7 Å². The molecule has 2 fully saturated rings. The lowest BCUT2D eigenvalue weighted by Gasteiger charge is -2.21. The van der Waals surface area contributed by atoms with E-state index in [-0.39, 0.29) is 11.5 Å². The summed E-state index contributed by atoms with van der Waals surface area (Å²) < 4.78 is 1.59. The average Bonchev–Trinajstić information content (AvgIpc) is 2.96. The number of nitrogens with zero attached hydrogens (tertiary/aromatic N) is 2. The Balaban J connectivity index is 1.70. The van der Waals surface area contributed by atoms with Gasteiger partial charge in [-0.15, -0.1) is 6.58 Å². The molecule has 4 rings (SSSR count). The summed E-state index contributed by atoms with van der Waals surface area (Å²) in [4.78, 5) is 27.3. The van der Waals surface area contributed by atoms with Crippen molar-refractivity contribution in [3.63, 3.8) is 0 Å². The number of carbonyl (C=O) groups is 1. The fourth-order valence-electron chi connectivity index (χ4n) is 4.15. The first kappa shape index (κ1) is 14.5. The molecule has 1 aromatic rings. The van der Waals surface area contributed by atoms with E-state index in [0.717, 1.165) is 24.2 Å². The van der Waals surface area contributed by atoms with Crippen LogP contribution in [-0.4, -0.2) is 41.6 Å². The van der Waals surface area contributed by atoms with E-state index in [1.165, 1.54) is 0 Å². The van der Waals surface area contributed by atoms with E-state index in [4.69, 9.17) is 0 Å². The summed E-state index contributed by atoms with van der Waals surface area (Å²) in [6.07, 6.45) is 7.86. The number of nitrogens with one attached hydrogen (secondary N) is 1. The summed E-state index contributed by atoms with van der Waals surface area (Å²) in [7, 11) is 1.89. The first-order chi connectivity index (χ1) is 11.1. The topological polar surface area (TPSA) is 54.3 Å². The molecule has 1 unspecified atom stereocenters. The highest BCUT2D eigenvalue weighted by Gasteiger charge is 2.56. The number of allylic oxidation sites excluding steroid dienone is 2. The van der Waals surface area contributed by atoms with Gasteiger partial charge in [0.05, 0.1) is 5.56 Å². The minimum absolute atomic E-state index is 0.0170. The summed E-state index contributed by atoms with van der Waals surface area (Å²) in [5, 5.41) is 3.35. The summed E-state index contributed by atoms with van der Waals surface area (Å²) in [5.74, 6) is 1.20. The zero-order valence-corrected chi connectivity index (χ0v) is 13.3. The Morgan fingerprint density at radius 2 is 2.22 bits per heavy atom. The van der Waals surface area contributed by atoms with Crippen molar-refractivity contribution in [2.45, 2.75) is 19.0 Å². The maximum atomic E-state index is 13.0.